The van der Waals surface area contributed by atoms with Gasteiger partial charge in [0.25, 0.3) is 5.69 Å². The van der Waals surface area contributed by atoms with Crippen LogP contribution in [0.2, 0.25) is 0 Å². The van der Waals surface area contributed by atoms with Crippen molar-refractivity contribution in [1.82, 2.24) is 19.8 Å². The fourth-order valence-electron chi connectivity index (χ4n) is 2.25. The molecule has 1 N–H and O–H groups in total. The van der Waals surface area contributed by atoms with Gasteiger partial charge in [0.2, 0.25) is 5.82 Å². The summed E-state index contributed by atoms with van der Waals surface area (Å²) in [6, 6.07) is 7.29. The van der Waals surface area contributed by atoms with Crippen molar-refractivity contribution in [3.8, 4) is 0 Å². The van der Waals surface area contributed by atoms with Crippen molar-refractivity contribution in [2.24, 2.45) is 5.10 Å². The number of nitro benzene ring substituents is 1. The average molecular weight is 451 g/mol. The lowest BCUT2D eigenvalue weighted by Gasteiger charge is -2.26. The van der Waals surface area contributed by atoms with Gasteiger partial charge < -0.3 is 0 Å². The van der Waals surface area contributed by atoms with E-state index in [1.165, 1.54) is 24.3 Å². The molecule has 31 heavy (non-hydrogen) atoms. The minimum Gasteiger partial charge on any atom is -0.260 e. The molecule has 0 aliphatic rings. The maximum Gasteiger partial charge on any atom is 0.460 e. The summed E-state index contributed by atoms with van der Waals surface area (Å²) in [7, 11) is 0. The Labute approximate surface area is 166 Å². The van der Waals surface area contributed by atoms with Gasteiger partial charge in [0.15, 0.2) is 11.5 Å². The van der Waals surface area contributed by atoms with Crippen molar-refractivity contribution in [3.63, 3.8) is 0 Å². The van der Waals surface area contributed by atoms with Gasteiger partial charge in [-0.3, -0.25) is 15.5 Å². The highest BCUT2D eigenvalue weighted by molar-refractivity contribution is 5.81. The Bertz CT molecular complexity index is 1160. The summed E-state index contributed by atoms with van der Waals surface area (Å²) in [5.74, 6) is -14.6. The Morgan fingerprint density at radius 3 is 2.42 bits per heavy atom. The largest absolute Gasteiger partial charge is 0.460 e. The quantitative estimate of drug-likeness (QED) is 0.264. The molecule has 0 bridgehead atoms. The molecule has 0 saturated heterocycles. The van der Waals surface area contributed by atoms with E-state index in [-0.39, 0.29) is 21.6 Å². The number of fused-ring (bicyclic) bond motifs is 1. The Balaban J connectivity index is 1.90. The zero-order valence-electron chi connectivity index (χ0n) is 14.7. The van der Waals surface area contributed by atoms with Gasteiger partial charge in [-0.15, -0.1) is 15.3 Å². The number of anilines is 1. The molecule has 2 aromatic heterocycles. The van der Waals surface area contributed by atoms with Crippen LogP contribution in [0.15, 0.2) is 41.5 Å². The molecule has 2 heterocycles. The monoisotopic (exact) mass is 451 g/mol. The van der Waals surface area contributed by atoms with Crippen molar-refractivity contribution in [3.05, 3.63) is 57.9 Å². The van der Waals surface area contributed by atoms with Crippen LogP contribution in [0.25, 0.3) is 5.65 Å². The van der Waals surface area contributed by atoms with Gasteiger partial charge >= 0.3 is 18.0 Å². The number of hydrogen-bond acceptors (Lipinski definition) is 7. The molecule has 0 unspecified atom stereocenters. The summed E-state index contributed by atoms with van der Waals surface area (Å²) in [6.07, 6.45) is -5.46. The normalized spacial score (nSPS) is 13.1. The van der Waals surface area contributed by atoms with Crippen molar-refractivity contribution in [2.45, 2.75) is 18.0 Å². The molecule has 0 amide bonds. The predicted octanol–water partition coefficient (Wildman–Crippen LogP) is 3.77. The Hall–Kier alpha value is -3.85. The number of nitrogens with zero attached hydrogens (tertiary/aromatic N) is 6. The molecule has 0 atom stereocenters. The second kappa shape index (κ2) is 7.44. The van der Waals surface area contributed by atoms with E-state index in [4.69, 9.17) is 0 Å². The van der Waals surface area contributed by atoms with Gasteiger partial charge in [0.05, 0.1) is 11.1 Å². The molecule has 0 aliphatic carbocycles. The van der Waals surface area contributed by atoms with Crippen LogP contribution in [0.4, 0.5) is 42.2 Å². The minimum absolute atomic E-state index is 0.0187. The van der Waals surface area contributed by atoms with Crippen LogP contribution in [0.5, 0.6) is 0 Å². The van der Waals surface area contributed by atoms with Crippen LogP contribution in [0.3, 0.4) is 0 Å². The number of benzene rings is 1. The lowest BCUT2D eigenvalue weighted by Crippen LogP contribution is -2.51. The lowest BCUT2D eigenvalue weighted by molar-refractivity contribution is -0.384. The fourth-order valence-corrected chi connectivity index (χ4v) is 2.25. The molecule has 0 saturated carbocycles. The first-order valence-corrected chi connectivity index (χ1v) is 7.93. The summed E-state index contributed by atoms with van der Waals surface area (Å²) < 4.78 is 91.8. The van der Waals surface area contributed by atoms with E-state index in [9.17, 15) is 40.8 Å². The van der Waals surface area contributed by atoms with E-state index >= 15 is 0 Å². The number of non-ortho nitro benzene ring substituents is 1. The van der Waals surface area contributed by atoms with E-state index in [2.05, 4.69) is 25.8 Å². The molecular weight excluding hydrogens is 443 g/mol. The summed E-state index contributed by atoms with van der Waals surface area (Å²) >= 11 is 0. The van der Waals surface area contributed by atoms with Crippen LogP contribution < -0.4 is 5.43 Å². The summed E-state index contributed by atoms with van der Waals surface area (Å²) in [5, 5.41) is 23.7. The summed E-state index contributed by atoms with van der Waals surface area (Å²) in [4.78, 5) is 10.1. The maximum absolute atomic E-state index is 14.0. The first-order valence-electron chi connectivity index (χ1n) is 7.93. The predicted molar refractivity (Wildman–Crippen MR) is 90.0 cm³/mol. The number of alkyl halides is 7. The molecule has 1 aromatic carbocycles. The number of hydrogen-bond donors (Lipinski definition) is 1. The van der Waals surface area contributed by atoms with E-state index in [0.29, 0.717) is 0 Å². The fraction of sp³-hybridized carbons (Fsp3) is 0.200. The second-order valence-corrected chi connectivity index (χ2v) is 5.88. The third-order valence-corrected chi connectivity index (χ3v) is 3.77. The molecule has 0 spiro atoms. The van der Waals surface area contributed by atoms with Gasteiger partial charge in [0.1, 0.15) is 0 Å². The molecule has 16 heteroatoms. The van der Waals surface area contributed by atoms with Crippen LogP contribution in [-0.4, -0.2) is 43.0 Å². The van der Waals surface area contributed by atoms with Crippen molar-refractivity contribution >= 4 is 23.4 Å². The van der Waals surface area contributed by atoms with Crippen LogP contribution in [-0.2, 0) is 5.92 Å². The van der Waals surface area contributed by atoms with Gasteiger partial charge in [0, 0.05) is 17.7 Å². The third kappa shape index (κ3) is 3.95. The highest BCUT2D eigenvalue weighted by Gasteiger charge is 2.75. The number of halogens is 7. The van der Waals surface area contributed by atoms with Crippen molar-refractivity contribution in [2.75, 3.05) is 5.43 Å². The number of hydrazone groups is 1. The summed E-state index contributed by atoms with van der Waals surface area (Å²) in [6.45, 7) is 0. The van der Waals surface area contributed by atoms with Crippen molar-refractivity contribution in [1.29, 1.82) is 0 Å². The number of nitro groups is 1. The smallest absolute Gasteiger partial charge is 0.260 e. The maximum atomic E-state index is 14.0. The van der Waals surface area contributed by atoms with Crippen molar-refractivity contribution < 1.29 is 35.7 Å². The molecule has 3 aromatic rings. The SMILES string of the molecule is O=[N+]([O-])c1cccc(C=NNc2ccc3nnc(C(F)(F)C(F)(F)C(F)(F)F)n3n2)c1. The first-order chi connectivity index (χ1) is 14.3. The molecule has 0 aliphatic heterocycles. The number of nitrogens with one attached hydrogen (secondary N) is 1. The van der Waals surface area contributed by atoms with E-state index in [1.54, 1.807) is 0 Å². The van der Waals surface area contributed by atoms with Gasteiger partial charge in [-0.2, -0.15) is 40.3 Å². The molecular formula is C15H8F7N7O2. The van der Waals surface area contributed by atoms with E-state index in [1.807, 2.05) is 0 Å². The highest BCUT2D eigenvalue weighted by atomic mass is 19.4. The zero-order valence-corrected chi connectivity index (χ0v) is 14.7. The zero-order chi connectivity index (χ0) is 23.0. The highest BCUT2D eigenvalue weighted by Crippen LogP contribution is 2.51. The first kappa shape index (κ1) is 21.8. The standard InChI is InChI=1S/C15H8F7N7O2/c16-13(17,14(18,19)15(20,21)22)12-26-25-11-5-4-10(27-28(11)12)24-23-7-8-2-1-3-9(6-8)29(30)31/h1-7H,(H,24,27). The van der Waals surface area contributed by atoms with E-state index < -0.39 is 34.4 Å². The minimum atomic E-state index is -6.55. The average Bonchev–Trinajstić information content (AvgIpc) is 3.11. The number of aromatic nitrogens is 4. The Kier molecular flexibility index (Phi) is 5.24. The number of rotatable bonds is 6. The van der Waals surface area contributed by atoms with Gasteiger partial charge in [-0.1, -0.05) is 12.1 Å². The van der Waals surface area contributed by atoms with Gasteiger partial charge in [-0.25, -0.2) is 0 Å². The Morgan fingerprint density at radius 1 is 1.06 bits per heavy atom. The van der Waals surface area contributed by atoms with E-state index in [0.717, 1.165) is 18.3 Å². The third-order valence-electron chi connectivity index (χ3n) is 3.77. The molecule has 9 nitrogen and oxygen atoms in total. The van der Waals surface area contributed by atoms with Gasteiger partial charge in [-0.05, 0) is 12.1 Å². The molecule has 0 radical (unpaired) electrons. The second-order valence-electron chi connectivity index (χ2n) is 5.88. The lowest BCUT2D eigenvalue weighted by atomic mass is 10.1. The Morgan fingerprint density at radius 2 is 1.77 bits per heavy atom. The van der Waals surface area contributed by atoms with Crippen LogP contribution in [0, 0.1) is 10.1 Å². The van der Waals surface area contributed by atoms with Crippen LogP contribution >= 0.6 is 0 Å². The topological polar surface area (TPSA) is 111 Å². The van der Waals surface area contributed by atoms with Crippen LogP contribution in [0.1, 0.15) is 11.4 Å². The molecule has 3 rings (SSSR count). The summed E-state index contributed by atoms with van der Waals surface area (Å²) in [5.41, 5.74) is 1.74. The molecule has 164 valence electrons. The molecule has 0 fully saturated rings.